The highest BCUT2D eigenvalue weighted by molar-refractivity contribution is 6.04. The van der Waals surface area contributed by atoms with E-state index in [2.05, 4.69) is 5.10 Å². The van der Waals surface area contributed by atoms with Gasteiger partial charge in [0.15, 0.2) is 5.78 Å². The molecule has 3 rings (SSSR count). The second-order valence-corrected chi connectivity index (χ2v) is 5.51. The number of Topliss-reactive ketones (excluding diaryl/α,β-unsaturated/α-hetero) is 1. The molecule has 3 aromatic rings. The Morgan fingerprint density at radius 2 is 1.62 bits per heavy atom. The quantitative estimate of drug-likeness (QED) is 0.750. The van der Waals surface area contributed by atoms with Gasteiger partial charge in [0.1, 0.15) is 11.4 Å². The van der Waals surface area contributed by atoms with Crippen molar-refractivity contribution in [3.05, 3.63) is 82.1 Å². The first-order valence-electron chi connectivity index (χ1n) is 7.59. The molecular weight excluding hydrogens is 302 g/mol. The summed E-state index contributed by atoms with van der Waals surface area (Å²) in [6.45, 7) is 1.68. The second-order valence-electron chi connectivity index (χ2n) is 5.51. The molecule has 0 aliphatic heterocycles. The van der Waals surface area contributed by atoms with Gasteiger partial charge in [-0.1, -0.05) is 60.7 Å². The molecule has 1 aromatic heterocycles. The van der Waals surface area contributed by atoms with Crippen LogP contribution in [0.5, 0.6) is 0 Å². The SMILES string of the molecule is CC(=O)c1c(-c2ccccc2)nn(Cc2ccccc2)c(=O)c1N. The van der Waals surface area contributed by atoms with E-state index in [1.807, 2.05) is 60.7 Å². The summed E-state index contributed by atoms with van der Waals surface area (Å²) in [6, 6.07) is 18.8. The van der Waals surface area contributed by atoms with Gasteiger partial charge in [-0.3, -0.25) is 9.59 Å². The minimum absolute atomic E-state index is 0.0627. The Morgan fingerprint density at radius 3 is 2.21 bits per heavy atom. The van der Waals surface area contributed by atoms with Crippen LogP contribution in [0, 0.1) is 0 Å². The third kappa shape index (κ3) is 2.96. The normalized spacial score (nSPS) is 10.5. The highest BCUT2D eigenvalue weighted by atomic mass is 16.1. The van der Waals surface area contributed by atoms with Gasteiger partial charge >= 0.3 is 0 Å². The minimum Gasteiger partial charge on any atom is -0.394 e. The summed E-state index contributed by atoms with van der Waals surface area (Å²) in [7, 11) is 0. The number of ketones is 1. The Morgan fingerprint density at radius 1 is 1.04 bits per heavy atom. The summed E-state index contributed by atoms with van der Waals surface area (Å²) in [5.74, 6) is -0.275. The molecule has 0 amide bonds. The predicted octanol–water partition coefficient (Wildman–Crippen LogP) is 2.74. The van der Waals surface area contributed by atoms with Crippen molar-refractivity contribution in [2.75, 3.05) is 5.73 Å². The van der Waals surface area contributed by atoms with Crippen LogP contribution >= 0.6 is 0 Å². The van der Waals surface area contributed by atoms with Gasteiger partial charge in [-0.25, -0.2) is 4.68 Å². The molecule has 0 saturated heterocycles. The van der Waals surface area contributed by atoms with Crippen molar-refractivity contribution >= 4 is 11.5 Å². The number of anilines is 1. The number of hydrogen-bond donors (Lipinski definition) is 1. The number of carbonyl (C=O) groups is 1. The van der Waals surface area contributed by atoms with Gasteiger partial charge in [0.05, 0.1) is 12.1 Å². The summed E-state index contributed by atoms with van der Waals surface area (Å²) in [5, 5.41) is 4.42. The van der Waals surface area contributed by atoms with Gasteiger partial charge in [0.2, 0.25) is 0 Å². The number of nitrogens with zero attached hydrogens (tertiary/aromatic N) is 2. The van der Waals surface area contributed by atoms with Gasteiger partial charge in [-0.2, -0.15) is 5.10 Å². The standard InChI is InChI=1S/C19H17N3O2/c1-13(23)16-17(20)19(24)22(12-14-8-4-2-5-9-14)21-18(16)15-10-6-3-7-11-15/h2-11H,12,20H2,1H3. The van der Waals surface area contributed by atoms with Crippen LogP contribution < -0.4 is 11.3 Å². The summed E-state index contributed by atoms with van der Waals surface area (Å²) in [4.78, 5) is 24.5. The third-order valence-electron chi connectivity index (χ3n) is 3.77. The van der Waals surface area contributed by atoms with Crippen molar-refractivity contribution in [3.63, 3.8) is 0 Å². The minimum atomic E-state index is -0.455. The van der Waals surface area contributed by atoms with Crippen LogP contribution in [0.2, 0.25) is 0 Å². The molecule has 2 aromatic carbocycles. The van der Waals surface area contributed by atoms with Crippen molar-refractivity contribution in [1.29, 1.82) is 0 Å². The average molecular weight is 319 g/mol. The van der Waals surface area contributed by atoms with Crippen molar-refractivity contribution in [2.45, 2.75) is 13.5 Å². The molecule has 1 heterocycles. The molecule has 0 atom stereocenters. The molecule has 0 aliphatic rings. The van der Waals surface area contributed by atoms with Crippen molar-refractivity contribution in [2.24, 2.45) is 0 Å². The van der Waals surface area contributed by atoms with Crippen LogP contribution in [0.1, 0.15) is 22.8 Å². The molecule has 0 unspecified atom stereocenters. The van der Waals surface area contributed by atoms with Gasteiger partial charge in [-0.15, -0.1) is 0 Å². The maximum Gasteiger partial charge on any atom is 0.290 e. The van der Waals surface area contributed by atoms with Crippen LogP contribution in [0.4, 0.5) is 5.69 Å². The van der Waals surface area contributed by atoms with Crippen LogP contribution in [-0.2, 0) is 6.54 Å². The van der Waals surface area contributed by atoms with Gasteiger partial charge < -0.3 is 5.73 Å². The fourth-order valence-electron chi connectivity index (χ4n) is 2.61. The molecule has 0 saturated carbocycles. The molecule has 0 fully saturated rings. The molecule has 24 heavy (non-hydrogen) atoms. The Labute approximate surface area is 139 Å². The van der Waals surface area contributed by atoms with E-state index in [0.717, 1.165) is 11.1 Å². The van der Waals surface area contributed by atoms with Crippen molar-refractivity contribution in [3.8, 4) is 11.3 Å². The number of aromatic nitrogens is 2. The first kappa shape index (κ1) is 15.7. The van der Waals surface area contributed by atoms with Crippen LogP contribution in [0.25, 0.3) is 11.3 Å². The Kier molecular flexibility index (Phi) is 4.24. The topological polar surface area (TPSA) is 78.0 Å². The highest BCUT2D eigenvalue weighted by Crippen LogP contribution is 2.24. The number of carbonyl (C=O) groups excluding carboxylic acids is 1. The molecule has 5 nitrogen and oxygen atoms in total. The zero-order valence-electron chi connectivity index (χ0n) is 13.3. The largest absolute Gasteiger partial charge is 0.394 e. The molecule has 0 aliphatic carbocycles. The smallest absolute Gasteiger partial charge is 0.290 e. The van der Waals surface area contributed by atoms with Crippen LogP contribution in [0.15, 0.2) is 65.5 Å². The molecule has 120 valence electrons. The summed E-state index contributed by atoms with van der Waals surface area (Å²) >= 11 is 0. The van der Waals surface area contributed by atoms with Gasteiger partial charge in [-0.05, 0) is 12.5 Å². The van der Waals surface area contributed by atoms with E-state index in [1.54, 1.807) is 0 Å². The van der Waals surface area contributed by atoms with E-state index >= 15 is 0 Å². The Balaban J connectivity index is 2.20. The predicted molar refractivity (Wildman–Crippen MR) is 93.9 cm³/mol. The van der Waals surface area contributed by atoms with Crippen molar-refractivity contribution < 1.29 is 4.79 Å². The van der Waals surface area contributed by atoms with E-state index in [4.69, 9.17) is 5.73 Å². The summed E-state index contributed by atoms with van der Waals surface area (Å²) in [6.07, 6.45) is 0. The van der Waals surface area contributed by atoms with Crippen molar-refractivity contribution in [1.82, 2.24) is 9.78 Å². The first-order valence-corrected chi connectivity index (χ1v) is 7.59. The molecule has 5 heteroatoms. The van der Waals surface area contributed by atoms with E-state index < -0.39 is 5.56 Å². The zero-order chi connectivity index (χ0) is 17.1. The molecule has 0 radical (unpaired) electrons. The number of benzene rings is 2. The Bertz CT molecular complexity index is 932. The van der Waals surface area contributed by atoms with Crippen LogP contribution in [0.3, 0.4) is 0 Å². The lowest BCUT2D eigenvalue weighted by Crippen LogP contribution is -2.29. The number of nitrogen functional groups attached to an aromatic ring is 1. The molecular formula is C19H17N3O2. The molecule has 2 N–H and O–H groups in total. The summed E-state index contributed by atoms with van der Waals surface area (Å²) < 4.78 is 1.30. The highest BCUT2D eigenvalue weighted by Gasteiger charge is 2.19. The fourth-order valence-corrected chi connectivity index (χ4v) is 2.61. The van der Waals surface area contributed by atoms with E-state index in [-0.39, 0.29) is 17.0 Å². The van der Waals surface area contributed by atoms with E-state index in [0.29, 0.717) is 12.2 Å². The monoisotopic (exact) mass is 319 g/mol. The lowest BCUT2D eigenvalue weighted by atomic mass is 10.0. The molecule has 0 bridgehead atoms. The second kappa shape index (κ2) is 6.50. The van der Waals surface area contributed by atoms with Gasteiger partial charge in [0.25, 0.3) is 5.56 Å². The summed E-state index contributed by atoms with van der Waals surface area (Å²) in [5.41, 5.74) is 7.75. The van der Waals surface area contributed by atoms with E-state index in [9.17, 15) is 9.59 Å². The number of hydrogen-bond acceptors (Lipinski definition) is 4. The number of nitrogens with two attached hydrogens (primary N) is 1. The maximum absolute atomic E-state index is 12.5. The Hall–Kier alpha value is -3.21. The lowest BCUT2D eigenvalue weighted by molar-refractivity contribution is 0.101. The zero-order valence-corrected chi connectivity index (χ0v) is 13.3. The first-order chi connectivity index (χ1) is 11.6. The number of rotatable bonds is 4. The third-order valence-corrected chi connectivity index (χ3v) is 3.77. The molecule has 0 spiro atoms. The lowest BCUT2D eigenvalue weighted by Gasteiger charge is -2.13. The fraction of sp³-hybridized carbons (Fsp3) is 0.105. The van der Waals surface area contributed by atoms with Crippen LogP contribution in [-0.4, -0.2) is 15.6 Å². The van der Waals surface area contributed by atoms with E-state index in [1.165, 1.54) is 11.6 Å². The maximum atomic E-state index is 12.5. The van der Waals surface area contributed by atoms with Gasteiger partial charge in [0, 0.05) is 5.56 Å². The average Bonchev–Trinajstić information content (AvgIpc) is 2.60.